The van der Waals surface area contributed by atoms with Crippen molar-refractivity contribution in [2.45, 2.75) is 25.8 Å². The van der Waals surface area contributed by atoms with Gasteiger partial charge in [-0.3, -0.25) is 0 Å². The highest BCUT2D eigenvalue weighted by molar-refractivity contribution is 5.78. The lowest BCUT2D eigenvalue weighted by atomic mass is 9.85. The third kappa shape index (κ3) is 1.71. The quantitative estimate of drug-likeness (QED) is 0.733. The minimum absolute atomic E-state index is 0.209. The summed E-state index contributed by atoms with van der Waals surface area (Å²) in [6.45, 7) is 5.08. The zero-order chi connectivity index (χ0) is 11.7. The van der Waals surface area contributed by atoms with E-state index < -0.39 is 0 Å². The Bertz CT molecular complexity index is 414. The van der Waals surface area contributed by atoms with Gasteiger partial charge in [0.2, 0.25) is 0 Å². The summed E-state index contributed by atoms with van der Waals surface area (Å²) in [7, 11) is 1.43. The molecule has 0 aliphatic carbocycles. The largest absolute Gasteiger partial charge is 0.468 e. The Hall–Kier alpha value is -1.35. The first-order valence-corrected chi connectivity index (χ1v) is 5.55. The molecule has 1 aliphatic heterocycles. The number of nitrogens with one attached hydrogen (secondary N) is 1. The van der Waals surface area contributed by atoms with Crippen LogP contribution in [0.25, 0.3) is 0 Å². The molecule has 0 fully saturated rings. The van der Waals surface area contributed by atoms with Crippen molar-refractivity contribution >= 4 is 5.97 Å². The van der Waals surface area contributed by atoms with Crippen molar-refractivity contribution in [2.24, 2.45) is 0 Å². The molecule has 0 saturated carbocycles. The maximum atomic E-state index is 11.7. The minimum Gasteiger partial charge on any atom is -0.468 e. The molecule has 86 valence electrons. The van der Waals surface area contributed by atoms with E-state index in [9.17, 15) is 4.79 Å². The maximum Gasteiger partial charge on any atom is 0.327 e. The van der Waals surface area contributed by atoms with Crippen LogP contribution in [-0.2, 0) is 9.53 Å². The van der Waals surface area contributed by atoms with Crippen molar-refractivity contribution in [3.8, 4) is 0 Å². The molecule has 0 bridgehead atoms. The summed E-state index contributed by atoms with van der Waals surface area (Å²) in [5.41, 5.74) is 3.60. The standard InChI is InChI=1S/C13H17NO2/c1-8-5-4-6-10-11(8)9(2)7-14-12(10)13(15)16-3/h4-6,9,12,14H,7H2,1-3H3. The molecule has 0 spiro atoms. The molecule has 1 heterocycles. The summed E-state index contributed by atoms with van der Waals surface area (Å²) in [4.78, 5) is 11.7. The third-order valence-electron chi connectivity index (χ3n) is 3.23. The number of methoxy groups -OCH3 is 1. The van der Waals surface area contributed by atoms with Crippen molar-refractivity contribution in [3.05, 3.63) is 34.9 Å². The van der Waals surface area contributed by atoms with Crippen LogP contribution in [0.15, 0.2) is 18.2 Å². The van der Waals surface area contributed by atoms with Gasteiger partial charge in [0.05, 0.1) is 7.11 Å². The molecule has 3 heteroatoms. The van der Waals surface area contributed by atoms with Crippen LogP contribution in [0, 0.1) is 6.92 Å². The summed E-state index contributed by atoms with van der Waals surface area (Å²) in [5.74, 6) is 0.232. The second-order valence-corrected chi connectivity index (χ2v) is 4.34. The van der Waals surface area contributed by atoms with E-state index in [2.05, 4.69) is 25.2 Å². The van der Waals surface area contributed by atoms with Crippen molar-refractivity contribution in [1.82, 2.24) is 5.32 Å². The van der Waals surface area contributed by atoms with Crippen LogP contribution in [0.3, 0.4) is 0 Å². The van der Waals surface area contributed by atoms with Gasteiger partial charge in [0.1, 0.15) is 6.04 Å². The Kier molecular flexibility index (Phi) is 2.97. The fourth-order valence-electron chi connectivity index (χ4n) is 2.46. The van der Waals surface area contributed by atoms with Crippen molar-refractivity contribution in [2.75, 3.05) is 13.7 Å². The average Bonchev–Trinajstić information content (AvgIpc) is 2.28. The van der Waals surface area contributed by atoms with Gasteiger partial charge in [-0.1, -0.05) is 25.1 Å². The lowest BCUT2D eigenvalue weighted by Crippen LogP contribution is -2.37. The fourth-order valence-corrected chi connectivity index (χ4v) is 2.46. The summed E-state index contributed by atoms with van der Waals surface area (Å²) in [6.07, 6.45) is 0. The van der Waals surface area contributed by atoms with Crippen LogP contribution >= 0.6 is 0 Å². The van der Waals surface area contributed by atoms with E-state index in [1.54, 1.807) is 0 Å². The van der Waals surface area contributed by atoms with Crippen molar-refractivity contribution in [1.29, 1.82) is 0 Å². The molecule has 1 aromatic rings. The van der Waals surface area contributed by atoms with Gasteiger partial charge in [-0.05, 0) is 29.5 Å². The zero-order valence-corrected chi connectivity index (χ0v) is 9.91. The number of aryl methyl sites for hydroxylation is 1. The van der Waals surface area contributed by atoms with E-state index in [1.807, 2.05) is 12.1 Å². The molecular weight excluding hydrogens is 202 g/mol. The van der Waals surface area contributed by atoms with Crippen LogP contribution in [0.5, 0.6) is 0 Å². The lowest BCUT2D eigenvalue weighted by molar-refractivity contribution is -0.143. The van der Waals surface area contributed by atoms with Crippen LogP contribution in [0.2, 0.25) is 0 Å². The molecule has 2 atom stereocenters. The summed E-state index contributed by atoms with van der Waals surface area (Å²) < 4.78 is 4.82. The second-order valence-electron chi connectivity index (χ2n) is 4.34. The number of benzene rings is 1. The van der Waals surface area contributed by atoms with Gasteiger partial charge in [0.15, 0.2) is 0 Å². The van der Waals surface area contributed by atoms with E-state index in [0.717, 1.165) is 12.1 Å². The number of hydrogen-bond donors (Lipinski definition) is 1. The highest BCUT2D eigenvalue weighted by Gasteiger charge is 2.30. The van der Waals surface area contributed by atoms with E-state index in [4.69, 9.17) is 4.74 Å². The average molecular weight is 219 g/mol. The normalized spacial score (nSPS) is 23.7. The summed E-state index contributed by atoms with van der Waals surface area (Å²) >= 11 is 0. The number of ether oxygens (including phenoxy) is 1. The van der Waals surface area contributed by atoms with Crippen molar-refractivity contribution in [3.63, 3.8) is 0 Å². The van der Waals surface area contributed by atoms with Gasteiger partial charge in [-0.25, -0.2) is 4.79 Å². The van der Waals surface area contributed by atoms with Gasteiger partial charge in [0.25, 0.3) is 0 Å². The molecule has 0 aromatic heterocycles. The monoisotopic (exact) mass is 219 g/mol. The number of carbonyl (C=O) groups is 1. The Morgan fingerprint density at radius 2 is 2.25 bits per heavy atom. The predicted octanol–water partition coefficient (Wildman–Crippen LogP) is 1.92. The molecular formula is C13H17NO2. The number of esters is 1. The molecule has 16 heavy (non-hydrogen) atoms. The van der Waals surface area contributed by atoms with Gasteiger partial charge in [-0.15, -0.1) is 0 Å². The first kappa shape index (κ1) is 11.1. The van der Waals surface area contributed by atoms with Crippen molar-refractivity contribution < 1.29 is 9.53 Å². The Morgan fingerprint density at radius 1 is 1.50 bits per heavy atom. The Balaban J connectivity index is 2.48. The van der Waals surface area contributed by atoms with Gasteiger partial charge in [0, 0.05) is 6.54 Å². The van der Waals surface area contributed by atoms with Crippen LogP contribution in [-0.4, -0.2) is 19.6 Å². The molecule has 2 unspecified atom stereocenters. The number of carbonyl (C=O) groups excluding carboxylic acids is 1. The fraction of sp³-hybridized carbons (Fsp3) is 0.462. The Morgan fingerprint density at radius 3 is 2.94 bits per heavy atom. The third-order valence-corrected chi connectivity index (χ3v) is 3.23. The van der Waals surface area contributed by atoms with E-state index in [0.29, 0.717) is 5.92 Å². The number of fused-ring (bicyclic) bond motifs is 1. The number of rotatable bonds is 1. The Labute approximate surface area is 95.8 Å². The number of hydrogen-bond acceptors (Lipinski definition) is 3. The van der Waals surface area contributed by atoms with Gasteiger partial charge in [-0.2, -0.15) is 0 Å². The molecule has 0 saturated heterocycles. The molecule has 2 rings (SSSR count). The van der Waals surface area contributed by atoms with E-state index in [-0.39, 0.29) is 12.0 Å². The molecule has 1 aliphatic rings. The highest BCUT2D eigenvalue weighted by atomic mass is 16.5. The van der Waals surface area contributed by atoms with Crippen LogP contribution in [0.1, 0.15) is 35.6 Å². The summed E-state index contributed by atoms with van der Waals surface area (Å²) in [6, 6.07) is 5.78. The first-order valence-electron chi connectivity index (χ1n) is 5.55. The topological polar surface area (TPSA) is 38.3 Å². The van der Waals surface area contributed by atoms with E-state index >= 15 is 0 Å². The molecule has 1 N–H and O–H groups in total. The second kappa shape index (κ2) is 4.26. The zero-order valence-electron chi connectivity index (χ0n) is 9.91. The SMILES string of the molecule is COC(=O)C1NCC(C)c2c(C)cccc21. The summed E-state index contributed by atoms with van der Waals surface area (Å²) in [5, 5.41) is 3.23. The minimum atomic E-state index is -0.309. The van der Waals surface area contributed by atoms with Gasteiger partial charge < -0.3 is 10.1 Å². The van der Waals surface area contributed by atoms with Crippen LogP contribution in [0.4, 0.5) is 0 Å². The molecule has 1 aromatic carbocycles. The van der Waals surface area contributed by atoms with Crippen LogP contribution < -0.4 is 5.32 Å². The molecule has 0 amide bonds. The molecule has 0 radical (unpaired) electrons. The predicted molar refractivity (Wildman–Crippen MR) is 62.4 cm³/mol. The first-order chi connectivity index (χ1) is 7.65. The smallest absolute Gasteiger partial charge is 0.327 e. The van der Waals surface area contributed by atoms with E-state index in [1.165, 1.54) is 18.2 Å². The maximum absolute atomic E-state index is 11.7. The molecule has 3 nitrogen and oxygen atoms in total. The van der Waals surface area contributed by atoms with Gasteiger partial charge >= 0.3 is 5.97 Å². The highest BCUT2D eigenvalue weighted by Crippen LogP contribution is 2.32. The lowest BCUT2D eigenvalue weighted by Gasteiger charge is -2.30.